The van der Waals surface area contributed by atoms with Crippen LogP contribution in [0, 0.1) is 5.92 Å². The maximum absolute atomic E-state index is 11.7. The number of carbonyl (C=O) groups excluding carboxylic acids is 1. The molecule has 1 aromatic heterocycles. The van der Waals surface area contributed by atoms with E-state index in [1.54, 1.807) is 0 Å². The minimum Gasteiger partial charge on any atom is -0.339 e. The lowest BCUT2D eigenvalue weighted by atomic mass is 9.80. The van der Waals surface area contributed by atoms with Gasteiger partial charge in [-0.3, -0.25) is 4.79 Å². The van der Waals surface area contributed by atoms with E-state index in [-0.39, 0.29) is 11.7 Å². The van der Waals surface area contributed by atoms with Crippen molar-refractivity contribution < 1.29 is 9.32 Å². The van der Waals surface area contributed by atoms with Gasteiger partial charge in [-0.05, 0) is 31.6 Å². The average Bonchev–Trinajstić information content (AvgIpc) is 3.07. The Morgan fingerprint density at radius 2 is 2.16 bits per heavy atom. The van der Waals surface area contributed by atoms with Crippen molar-refractivity contribution >= 4 is 5.78 Å². The highest BCUT2D eigenvalue weighted by molar-refractivity contribution is 5.86. The Kier molecular flexibility index (Phi) is 3.67. The molecule has 2 saturated carbocycles. The van der Waals surface area contributed by atoms with Gasteiger partial charge in [-0.25, -0.2) is 0 Å². The molecule has 0 radical (unpaired) electrons. The molecule has 0 spiro atoms. The fourth-order valence-corrected chi connectivity index (χ4v) is 3.53. The van der Waals surface area contributed by atoms with E-state index in [0.29, 0.717) is 18.2 Å². The van der Waals surface area contributed by atoms with E-state index >= 15 is 0 Å². The highest BCUT2D eigenvalue weighted by Gasteiger charge is 2.32. The SMILES string of the molecule is CCC1CCCC(c2noc(C3CCCC3=O)n2)C1. The van der Waals surface area contributed by atoms with Crippen molar-refractivity contribution in [3.05, 3.63) is 11.7 Å². The lowest BCUT2D eigenvalue weighted by Gasteiger charge is -2.26. The Morgan fingerprint density at radius 3 is 2.89 bits per heavy atom. The third-order valence-corrected chi connectivity index (χ3v) is 4.79. The summed E-state index contributed by atoms with van der Waals surface area (Å²) in [4.78, 5) is 16.3. The quantitative estimate of drug-likeness (QED) is 0.835. The Balaban J connectivity index is 1.72. The molecule has 0 aliphatic heterocycles. The van der Waals surface area contributed by atoms with Gasteiger partial charge in [-0.1, -0.05) is 31.3 Å². The van der Waals surface area contributed by atoms with Crippen molar-refractivity contribution in [3.63, 3.8) is 0 Å². The number of ketones is 1. The Labute approximate surface area is 114 Å². The predicted molar refractivity (Wildman–Crippen MR) is 70.9 cm³/mol. The fourth-order valence-electron chi connectivity index (χ4n) is 3.53. The van der Waals surface area contributed by atoms with Crippen LogP contribution in [-0.4, -0.2) is 15.9 Å². The Hall–Kier alpha value is -1.19. The smallest absolute Gasteiger partial charge is 0.237 e. The number of rotatable bonds is 3. The number of aromatic nitrogens is 2. The number of hydrogen-bond acceptors (Lipinski definition) is 4. The zero-order valence-electron chi connectivity index (χ0n) is 11.6. The molecule has 19 heavy (non-hydrogen) atoms. The largest absolute Gasteiger partial charge is 0.339 e. The maximum atomic E-state index is 11.7. The fraction of sp³-hybridized carbons (Fsp3) is 0.800. The summed E-state index contributed by atoms with van der Waals surface area (Å²) >= 11 is 0. The lowest BCUT2D eigenvalue weighted by molar-refractivity contribution is -0.119. The van der Waals surface area contributed by atoms with Gasteiger partial charge in [-0.2, -0.15) is 4.98 Å². The van der Waals surface area contributed by atoms with E-state index in [9.17, 15) is 4.79 Å². The predicted octanol–water partition coefficient (Wildman–Crippen LogP) is 3.59. The monoisotopic (exact) mass is 262 g/mol. The molecule has 2 aliphatic carbocycles. The zero-order chi connectivity index (χ0) is 13.2. The van der Waals surface area contributed by atoms with Crippen LogP contribution in [0.4, 0.5) is 0 Å². The van der Waals surface area contributed by atoms with E-state index in [1.165, 1.54) is 25.7 Å². The molecule has 4 heteroatoms. The van der Waals surface area contributed by atoms with Gasteiger partial charge in [0.25, 0.3) is 0 Å². The summed E-state index contributed by atoms with van der Waals surface area (Å²) in [5.74, 6) is 2.79. The lowest BCUT2D eigenvalue weighted by Crippen LogP contribution is -2.15. The van der Waals surface area contributed by atoms with Crippen LogP contribution < -0.4 is 0 Å². The van der Waals surface area contributed by atoms with Gasteiger partial charge in [0.15, 0.2) is 5.82 Å². The molecule has 3 rings (SSSR count). The Bertz CT molecular complexity index is 455. The van der Waals surface area contributed by atoms with E-state index in [1.807, 2.05) is 0 Å². The minimum atomic E-state index is -0.119. The highest BCUT2D eigenvalue weighted by atomic mass is 16.5. The van der Waals surface area contributed by atoms with E-state index < -0.39 is 0 Å². The van der Waals surface area contributed by atoms with Crippen LogP contribution in [0.5, 0.6) is 0 Å². The van der Waals surface area contributed by atoms with Gasteiger partial charge in [0.2, 0.25) is 5.89 Å². The number of nitrogens with zero attached hydrogens (tertiary/aromatic N) is 2. The van der Waals surface area contributed by atoms with Crippen molar-refractivity contribution in [2.24, 2.45) is 5.92 Å². The Morgan fingerprint density at radius 1 is 1.26 bits per heavy atom. The molecule has 0 saturated heterocycles. The van der Waals surface area contributed by atoms with Crippen molar-refractivity contribution in [3.8, 4) is 0 Å². The van der Waals surface area contributed by atoms with Gasteiger partial charge in [0.05, 0.1) is 5.92 Å². The molecule has 1 heterocycles. The van der Waals surface area contributed by atoms with Crippen molar-refractivity contribution in [2.75, 3.05) is 0 Å². The van der Waals surface area contributed by atoms with Gasteiger partial charge < -0.3 is 4.52 Å². The molecular weight excluding hydrogens is 240 g/mol. The maximum Gasteiger partial charge on any atom is 0.237 e. The number of Topliss-reactive ketones (excluding diaryl/α,β-unsaturated/α-hetero) is 1. The first-order valence-electron chi connectivity index (χ1n) is 7.64. The van der Waals surface area contributed by atoms with Crippen LogP contribution in [0.15, 0.2) is 4.52 Å². The average molecular weight is 262 g/mol. The highest BCUT2D eigenvalue weighted by Crippen LogP contribution is 2.37. The molecule has 0 bridgehead atoms. The topological polar surface area (TPSA) is 56.0 Å². The number of carbonyl (C=O) groups is 1. The second-order valence-electron chi connectivity index (χ2n) is 6.04. The molecule has 3 atom stereocenters. The first-order chi connectivity index (χ1) is 9.28. The summed E-state index contributed by atoms with van der Waals surface area (Å²) in [6.45, 7) is 2.26. The molecular formula is C15H22N2O2. The minimum absolute atomic E-state index is 0.119. The molecule has 4 nitrogen and oxygen atoms in total. The summed E-state index contributed by atoms with van der Waals surface area (Å²) in [5, 5.41) is 4.15. The van der Waals surface area contributed by atoms with Gasteiger partial charge in [0.1, 0.15) is 5.78 Å². The second kappa shape index (κ2) is 5.43. The van der Waals surface area contributed by atoms with Crippen LogP contribution in [0.2, 0.25) is 0 Å². The molecule has 1 aromatic rings. The first-order valence-corrected chi connectivity index (χ1v) is 7.64. The van der Waals surface area contributed by atoms with E-state index in [2.05, 4.69) is 17.1 Å². The summed E-state index contributed by atoms with van der Waals surface area (Å²) in [6.07, 6.45) is 8.67. The van der Waals surface area contributed by atoms with E-state index in [0.717, 1.165) is 31.0 Å². The van der Waals surface area contributed by atoms with Crippen molar-refractivity contribution in [1.29, 1.82) is 0 Å². The van der Waals surface area contributed by atoms with Crippen molar-refractivity contribution in [1.82, 2.24) is 10.1 Å². The summed E-state index contributed by atoms with van der Waals surface area (Å²) in [7, 11) is 0. The van der Waals surface area contributed by atoms with Gasteiger partial charge in [-0.15, -0.1) is 0 Å². The summed E-state index contributed by atoms with van der Waals surface area (Å²) < 4.78 is 5.36. The molecule has 104 valence electrons. The molecule has 0 N–H and O–H groups in total. The molecule has 0 amide bonds. The van der Waals surface area contributed by atoms with Gasteiger partial charge >= 0.3 is 0 Å². The van der Waals surface area contributed by atoms with Gasteiger partial charge in [0, 0.05) is 12.3 Å². The normalized spacial score (nSPS) is 31.8. The first kappa shape index (κ1) is 12.8. The van der Waals surface area contributed by atoms with Crippen LogP contribution >= 0.6 is 0 Å². The van der Waals surface area contributed by atoms with Crippen LogP contribution in [-0.2, 0) is 4.79 Å². The standard InChI is InChI=1S/C15H22N2O2/c1-2-10-5-3-6-11(9-10)14-16-15(19-17-14)12-7-4-8-13(12)18/h10-12H,2-9H2,1H3. The third-order valence-electron chi connectivity index (χ3n) is 4.79. The molecule has 2 fully saturated rings. The van der Waals surface area contributed by atoms with E-state index in [4.69, 9.17) is 4.52 Å². The molecule has 3 unspecified atom stereocenters. The molecule has 2 aliphatic rings. The van der Waals surface area contributed by atoms with Crippen LogP contribution in [0.3, 0.4) is 0 Å². The van der Waals surface area contributed by atoms with Crippen LogP contribution in [0.25, 0.3) is 0 Å². The summed E-state index contributed by atoms with van der Waals surface area (Å²) in [5.41, 5.74) is 0. The third kappa shape index (κ3) is 2.58. The second-order valence-corrected chi connectivity index (χ2v) is 6.04. The van der Waals surface area contributed by atoms with Crippen LogP contribution in [0.1, 0.15) is 81.8 Å². The molecule has 0 aromatic carbocycles. The van der Waals surface area contributed by atoms with Crippen molar-refractivity contribution in [2.45, 2.75) is 70.1 Å². The summed E-state index contributed by atoms with van der Waals surface area (Å²) in [6, 6.07) is 0. The zero-order valence-corrected chi connectivity index (χ0v) is 11.6. The number of hydrogen-bond donors (Lipinski definition) is 0.